The molecule has 0 aliphatic carbocycles. The highest BCUT2D eigenvalue weighted by Crippen LogP contribution is 2.38. The Morgan fingerprint density at radius 2 is 0.935 bits per heavy atom. The van der Waals surface area contributed by atoms with Gasteiger partial charge in [-0.25, -0.2) is 0 Å². The molecule has 0 bridgehead atoms. The minimum absolute atomic E-state index is 0.762. The number of nitrogens with one attached hydrogen (secondary N) is 2. The topological polar surface area (TPSA) is 57.4 Å². The summed E-state index contributed by atoms with van der Waals surface area (Å²) in [5.41, 5.74) is 9.16. The maximum atomic E-state index is 4.78. The largest absolute Gasteiger partial charge is 0.285 e. The van der Waals surface area contributed by atoms with Crippen LogP contribution in [0.5, 0.6) is 0 Å². The number of benzene rings is 7. The van der Waals surface area contributed by atoms with Crippen molar-refractivity contribution in [3.8, 4) is 22.5 Å². The quantitative estimate of drug-likeness (QED) is 0.189. The number of aromatic amines is 2. The molecule has 46 heavy (non-hydrogen) atoms. The predicted octanol–water partition coefficient (Wildman–Crippen LogP) is 10.3. The number of rotatable bonds is 6. The molecule has 218 valence electrons. The minimum atomic E-state index is 0.762. The third-order valence-corrected chi connectivity index (χ3v) is 9.20. The van der Waals surface area contributed by atoms with Crippen molar-refractivity contribution in [1.29, 1.82) is 0 Å². The van der Waals surface area contributed by atoms with Gasteiger partial charge in [0.25, 0.3) is 0 Å². The second-order valence-electron chi connectivity index (χ2n) is 12.1. The van der Waals surface area contributed by atoms with Crippen molar-refractivity contribution < 1.29 is 0 Å². The lowest BCUT2D eigenvalue weighted by Gasteiger charge is -2.12. The number of fused-ring (bicyclic) bond motifs is 4. The molecule has 2 heterocycles. The Labute approximate surface area is 266 Å². The molecule has 9 aromatic rings. The van der Waals surface area contributed by atoms with Gasteiger partial charge in [-0.05, 0) is 72.4 Å². The van der Waals surface area contributed by atoms with Gasteiger partial charge in [-0.3, -0.25) is 10.2 Å². The minimum Gasteiger partial charge on any atom is -0.285 e. The SMILES string of the molecule is c1ccc2c(-c3cc(Cc4ccc(Cc5c[nH]nc5-c5c6ccccc6cc6ccccc56)cc4)n[nH]3)c3ccccc3cc2c1. The fourth-order valence-corrected chi connectivity index (χ4v) is 7.02. The van der Waals surface area contributed by atoms with Gasteiger partial charge in [0.05, 0.1) is 17.1 Å². The average Bonchev–Trinajstić information content (AvgIpc) is 3.76. The Kier molecular flexibility index (Phi) is 6.24. The summed E-state index contributed by atoms with van der Waals surface area (Å²) in [6.07, 6.45) is 3.60. The molecule has 4 nitrogen and oxygen atoms in total. The van der Waals surface area contributed by atoms with Crippen LogP contribution in [0.1, 0.15) is 22.4 Å². The molecule has 4 heteroatoms. The van der Waals surface area contributed by atoms with Crippen molar-refractivity contribution in [3.05, 3.63) is 168 Å². The maximum absolute atomic E-state index is 4.78. The molecule has 0 aliphatic heterocycles. The lowest BCUT2D eigenvalue weighted by molar-refractivity contribution is 0.998. The van der Waals surface area contributed by atoms with E-state index in [9.17, 15) is 0 Å². The Morgan fingerprint density at radius 1 is 0.457 bits per heavy atom. The van der Waals surface area contributed by atoms with E-state index in [1.165, 1.54) is 70.9 Å². The maximum Gasteiger partial charge on any atom is 0.0968 e. The molecule has 2 aromatic heterocycles. The van der Waals surface area contributed by atoms with Crippen LogP contribution < -0.4 is 0 Å². The van der Waals surface area contributed by atoms with Crippen LogP contribution in [-0.2, 0) is 12.8 Å². The second kappa shape index (κ2) is 10.9. The summed E-state index contributed by atoms with van der Waals surface area (Å²) in [6.45, 7) is 0. The van der Waals surface area contributed by atoms with Gasteiger partial charge in [0.2, 0.25) is 0 Å². The fourth-order valence-electron chi connectivity index (χ4n) is 7.02. The van der Waals surface area contributed by atoms with Crippen molar-refractivity contribution in [3.63, 3.8) is 0 Å². The van der Waals surface area contributed by atoms with Crippen LogP contribution >= 0.6 is 0 Å². The fraction of sp³-hybridized carbons (Fsp3) is 0.0476. The highest BCUT2D eigenvalue weighted by Gasteiger charge is 2.17. The van der Waals surface area contributed by atoms with Gasteiger partial charge in [0, 0.05) is 35.7 Å². The third kappa shape index (κ3) is 4.54. The summed E-state index contributed by atoms with van der Waals surface area (Å²) in [5.74, 6) is 0. The monoisotopic (exact) mass is 590 g/mol. The molecule has 0 fully saturated rings. The average molecular weight is 591 g/mol. The number of nitrogens with zero attached hydrogens (tertiary/aromatic N) is 2. The molecular formula is C42H30N4. The highest BCUT2D eigenvalue weighted by molar-refractivity contribution is 6.13. The van der Waals surface area contributed by atoms with E-state index >= 15 is 0 Å². The van der Waals surface area contributed by atoms with Crippen molar-refractivity contribution in [2.45, 2.75) is 12.8 Å². The van der Waals surface area contributed by atoms with E-state index in [-0.39, 0.29) is 0 Å². The summed E-state index contributed by atoms with van der Waals surface area (Å²) < 4.78 is 0. The molecule has 0 saturated heterocycles. The lowest BCUT2D eigenvalue weighted by atomic mass is 9.92. The summed E-state index contributed by atoms with van der Waals surface area (Å²) in [7, 11) is 0. The molecule has 0 spiro atoms. The van der Waals surface area contributed by atoms with Crippen molar-refractivity contribution in [2.24, 2.45) is 0 Å². The van der Waals surface area contributed by atoms with E-state index in [0.717, 1.165) is 29.9 Å². The zero-order valence-corrected chi connectivity index (χ0v) is 25.2. The molecule has 0 aliphatic rings. The van der Waals surface area contributed by atoms with Crippen LogP contribution in [0, 0.1) is 0 Å². The van der Waals surface area contributed by atoms with Crippen molar-refractivity contribution in [2.75, 3.05) is 0 Å². The number of hydrogen-bond acceptors (Lipinski definition) is 2. The summed E-state index contributed by atoms with van der Waals surface area (Å²) in [4.78, 5) is 0. The van der Waals surface area contributed by atoms with E-state index in [1.54, 1.807) is 0 Å². The van der Waals surface area contributed by atoms with Crippen LogP contribution in [-0.4, -0.2) is 20.4 Å². The number of hydrogen-bond donors (Lipinski definition) is 2. The third-order valence-electron chi connectivity index (χ3n) is 9.20. The molecule has 0 radical (unpaired) electrons. The zero-order valence-electron chi connectivity index (χ0n) is 25.2. The van der Waals surface area contributed by atoms with Gasteiger partial charge in [0.15, 0.2) is 0 Å². The van der Waals surface area contributed by atoms with Crippen LogP contribution in [0.15, 0.2) is 146 Å². The summed E-state index contributed by atoms with van der Waals surface area (Å²) in [6, 6.07) is 50.0. The molecule has 0 atom stereocenters. The van der Waals surface area contributed by atoms with E-state index in [2.05, 4.69) is 150 Å². The molecule has 0 amide bonds. The molecule has 0 unspecified atom stereocenters. The van der Waals surface area contributed by atoms with Crippen molar-refractivity contribution >= 4 is 43.1 Å². The van der Waals surface area contributed by atoms with Crippen molar-refractivity contribution in [1.82, 2.24) is 20.4 Å². The predicted molar refractivity (Wildman–Crippen MR) is 190 cm³/mol. The standard InChI is InChI=1S/C42H30N4/c1-5-13-35-29(9-1)23-30-10-2-6-14-36(30)40(35)39-25-34(44-45-39)22-28-19-17-27(18-20-28)21-33-26-43-46-42(33)41-37-15-7-3-11-31(37)24-32-12-4-8-16-38(32)41/h1-20,23-26H,21-22H2,(H,43,46)(H,44,45). The Balaban J connectivity index is 1.00. The van der Waals surface area contributed by atoms with Gasteiger partial charge in [-0.2, -0.15) is 10.2 Å². The number of H-pyrrole nitrogens is 2. The van der Waals surface area contributed by atoms with Gasteiger partial charge < -0.3 is 0 Å². The van der Waals surface area contributed by atoms with Crippen LogP contribution in [0.4, 0.5) is 0 Å². The number of aromatic nitrogens is 4. The first-order valence-corrected chi connectivity index (χ1v) is 15.7. The smallest absolute Gasteiger partial charge is 0.0968 e. The van der Waals surface area contributed by atoms with Crippen LogP contribution in [0.25, 0.3) is 65.6 Å². The molecule has 2 N–H and O–H groups in total. The van der Waals surface area contributed by atoms with E-state index < -0.39 is 0 Å². The van der Waals surface area contributed by atoms with Gasteiger partial charge >= 0.3 is 0 Å². The first-order chi connectivity index (χ1) is 22.8. The molecule has 0 saturated carbocycles. The first-order valence-electron chi connectivity index (χ1n) is 15.7. The first kappa shape index (κ1) is 26.4. The molecular weight excluding hydrogens is 560 g/mol. The summed E-state index contributed by atoms with van der Waals surface area (Å²) in [5, 5.41) is 25.9. The van der Waals surface area contributed by atoms with E-state index in [0.29, 0.717) is 0 Å². The Bertz CT molecular complexity index is 2430. The van der Waals surface area contributed by atoms with Gasteiger partial charge in [-0.1, -0.05) is 121 Å². The lowest BCUT2D eigenvalue weighted by Crippen LogP contribution is -1.94. The second-order valence-corrected chi connectivity index (χ2v) is 12.1. The highest BCUT2D eigenvalue weighted by atomic mass is 15.1. The Hall–Kier alpha value is -6.00. The van der Waals surface area contributed by atoms with E-state index in [1.807, 2.05) is 6.20 Å². The zero-order chi connectivity index (χ0) is 30.5. The van der Waals surface area contributed by atoms with E-state index in [4.69, 9.17) is 10.2 Å². The normalized spacial score (nSPS) is 11.7. The van der Waals surface area contributed by atoms with Gasteiger partial charge in [0.1, 0.15) is 0 Å². The Morgan fingerprint density at radius 3 is 1.48 bits per heavy atom. The van der Waals surface area contributed by atoms with Gasteiger partial charge in [-0.15, -0.1) is 0 Å². The van der Waals surface area contributed by atoms with Crippen LogP contribution in [0.2, 0.25) is 0 Å². The molecule has 7 aromatic carbocycles. The summed E-state index contributed by atoms with van der Waals surface area (Å²) >= 11 is 0. The van der Waals surface area contributed by atoms with Crippen LogP contribution in [0.3, 0.4) is 0 Å². The molecule has 9 rings (SSSR count).